The lowest BCUT2D eigenvalue weighted by molar-refractivity contribution is -0.140. The molecule has 2 rings (SSSR count). The third-order valence-electron chi connectivity index (χ3n) is 5.73. The molecule has 1 atom stereocenters. The fourth-order valence-corrected chi connectivity index (χ4v) is 4.78. The van der Waals surface area contributed by atoms with Crippen LogP contribution in [0.2, 0.25) is 10.0 Å². The smallest absolute Gasteiger partial charge is 0.244 e. The van der Waals surface area contributed by atoms with Gasteiger partial charge in [0, 0.05) is 13.1 Å². The molecule has 7 nitrogen and oxygen atoms in total. The number of amides is 2. The summed E-state index contributed by atoms with van der Waals surface area (Å²) in [6.07, 6.45) is 2.16. The van der Waals surface area contributed by atoms with Crippen molar-refractivity contribution in [3.05, 3.63) is 63.1 Å². The Hall–Kier alpha value is -2.29. The number of anilines is 1. The average molecular weight is 543 g/mol. The van der Waals surface area contributed by atoms with Gasteiger partial charge in [-0.05, 0) is 67.6 Å². The van der Waals surface area contributed by atoms with Crippen LogP contribution in [0, 0.1) is 13.8 Å². The molecule has 0 radical (unpaired) electrons. The van der Waals surface area contributed by atoms with Crippen molar-refractivity contribution in [2.45, 2.75) is 53.1 Å². The van der Waals surface area contributed by atoms with E-state index in [1.54, 1.807) is 30.3 Å². The van der Waals surface area contributed by atoms with Crippen LogP contribution < -0.4 is 9.62 Å². The first-order valence-corrected chi connectivity index (χ1v) is 14.1. The second-order valence-corrected chi connectivity index (χ2v) is 11.2. The highest BCUT2D eigenvalue weighted by Crippen LogP contribution is 2.25. The maximum absolute atomic E-state index is 13.6. The van der Waals surface area contributed by atoms with Gasteiger partial charge >= 0.3 is 0 Å². The third-order valence-corrected chi connectivity index (χ3v) is 7.61. The van der Waals surface area contributed by atoms with E-state index >= 15 is 0 Å². The van der Waals surface area contributed by atoms with Crippen molar-refractivity contribution in [1.29, 1.82) is 0 Å². The molecule has 10 heteroatoms. The predicted octanol–water partition coefficient (Wildman–Crippen LogP) is 4.71. The number of sulfonamides is 1. The summed E-state index contributed by atoms with van der Waals surface area (Å²) >= 11 is 12.2. The maximum atomic E-state index is 13.6. The number of nitrogens with one attached hydrogen (secondary N) is 1. The molecule has 2 aromatic carbocycles. The van der Waals surface area contributed by atoms with E-state index in [0.29, 0.717) is 34.3 Å². The van der Waals surface area contributed by atoms with Crippen LogP contribution >= 0.6 is 23.2 Å². The molecule has 0 spiro atoms. The normalized spacial score (nSPS) is 12.2. The number of hydrogen-bond donors (Lipinski definition) is 1. The van der Waals surface area contributed by atoms with Crippen LogP contribution in [0.1, 0.15) is 43.4 Å². The van der Waals surface area contributed by atoms with Crippen LogP contribution in [-0.2, 0) is 26.2 Å². The molecule has 0 fully saturated rings. The Kier molecular flexibility index (Phi) is 10.4. The van der Waals surface area contributed by atoms with Crippen LogP contribution in [-0.4, -0.2) is 50.5 Å². The second kappa shape index (κ2) is 12.6. The number of halogens is 2. The first kappa shape index (κ1) is 28.9. The Morgan fingerprint density at radius 2 is 1.69 bits per heavy atom. The van der Waals surface area contributed by atoms with E-state index in [1.807, 2.05) is 33.8 Å². The number of carbonyl (C=O) groups excluding carboxylic acids is 2. The molecular formula is C25H33Cl2N3O4S. The standard InChI is InChI=1S/C25H33Cl2N3O4S/c1-6-12-28-25(32)23(7-2)29(15-19-9-11-21(26)22(27)14-19)24(31)16-30(35(5,33)34)20-10-8-17(3)18(4)13-20/h8-11,13-14,23H,6-7,12,15-16H2,1-5H3,(H,28,32)/t23-/m1/s1. The molecule has 35 heavy (non-hydrogen) atoms. The molecule has 0 heterocycles. The SMILES string of the molecule is CCCNC(=O)[C@@H](CC)N(Cc1ccc(Cl)c(Cl)c1)C(=O)CN(c1ccc(C)c(C)c1)S(C)(=O)=O. The van der Waals surface area contributed by atoms with E-state index < -0.39 is 28.5 Å². The monoisotopic (exact) mass is 541 g/mol. The minimum absolute atomic E-state index is 0.0678. The Morgan fingerprint density at radius 1 is 1.00 bits per heavy atom. The first-order valence-electron chi connectivity index (χ1n) is 11.4. The van der Waals surface area contributed by atoms with Gasteiger partial charge in [0.1, 0.15) is 12.6 Å². The molecule has 0 saturated carbocycles. The van der Waals surface area contributed by atoms with E-state index in [9.17, 15) is 18.0 Å². The molecule has 2 amide bonds. The predicted molar refractivity (Wildman–Crippen MR) is 142 cm³/mol. The molecule has 2 aromatic rings. The molecular weight excluding hydrogens is 509 g/mol. The fourth-order valence-electron chi connectivity index (χ4n) is 3.61. The van der Waals surface area contributed by atoms with Crippen LogP contribution in [0.25, 0.3) is 0 Å². The highest BCUT2D eigenvalue weighted by Gasteiger charge is 2.31. The van der Waals surface area contributed by atoms with E-state index in [4.69, 9.17) is 23.2 Å². The van der Waals surface area contributed by atoms with Gasteiger partial charge in [0.2, 0.25) is 21.8 Å². The first-order chi connectivity index (χ1) is 16.4. The van der Waals surface area contributed by atoms with Gasteiger partial charge in [-0.15, -0.1) is 0 Å². The van der Waals surface area contributed by atoms with Crippen molar-refractivity contribution in [2.75, 3.05) is 23.7 Å². The summed E-state index contributed by atoms with van der Waals surface area (Å²) in [5.74, 6) is -0.793. The second-order valence-electron chi connectivity index (χ2n) is 8.52. The fraction of sp³-hybridized carbons (Fsp3) is 0.440. The summed E-state index contributed by atoms with van der Waals surface area (Å²) in [6.45, 7) is 7.65. The minimum atomic E-state index is -3.78. The zero-order valence-corrected chi connectivity index (χ0v) is 23.1. The lowest BCUT2D eigenvalue weighted by Gasteiger charge is -2.33. The van der Waals surface area contributed by atoms with Crippen molar-refractivity contribution in [2.24, 2.45) is 0 Å². The lowest BCUT2D eigenvalue weighted by atomic mass is 10.1. The van der Waals surface area contributed by atoms with Gasteiger partial charge in [0.25, 0.3) is 0 Å². The highest BCUT2D eigenvalue weighted by atomic mass is 35.5. The molecule has 0 aliphatic carbocycles. The third kappa shape index (κ3) is 7.85. The van der Waals surface area contributed by atoms with E-state index in [1.165, 1.54) is 4.90 Å². The lowest BCUT2D eigenvalue weighted by Crippen LogP contribution is -2.52. The van der Waals surface area contributed by atoms with Crippen LogP contribution in [0.15, 0.2) is 36.4 Å². The molecule has 0 aliphatic rings. The van der Waals surface area contributed by atoms with Crippen molar-refractivity contribution in [3.8, 4) is 0 Å². The summed E-state index contributed by atoms with van der Waals surface area (Å²) in [5, 5.41) is 3.54. The van der Waals surface area contributed by atoms with Crippen molar-refractivity contribution in [1.82, 2.24) is 10.2 Å². The van der Waals surface area contributed by atoms with Crippen LogP contribution in [0.4, 0.5) is 5.69 Å². The van der Waals surface area contributed by atoms with Crippen LogP contribution in [0.5, 0.6) is 0 Å². The van der Waals surface area contributed by atoms with E-state index in [2.05, 4.69) is 5.32 Å². The number of benzene rings is 2. The number of carbonyl (C=O) groups is 2. The number of hydrogen-bond acceptors (Lipinski definition) is 4. The zero-order valence-electron chi connectivity index (χ0n) is 20.8. The topological polar surface area (TPSA) is 86.8 Å². The van der Waals surface area contributed by atoms with Gasteiger partial charge in [0.15, 0.2) is 0 Å². The van der Waals surface area contributed by atoms with Crippen LogP contribution in [0.3, 0.4) is 0 Å². The van der Waals surface area contributed by atoms with Crippen molar-refractivity contribution < 1.29 is 18.0 Å². The molecule has 0 aromatic heterocycles. The van der Waals surface area contributed by atoms with Gasteiger partial charge in [-0.2, -0.15) is 0 Å². The summed E-state index contributed by atoms with van der Waals surface area (Å²) in [7, 11) is -3.78. The highest BCUT2D eigenvalue weighted by molar-refractivity contribution is 7.92. The Balaban J connectivity index is 2.46. The van der Waals surface area contributed by atoms with Crippen molar-refractivity contribution >= 4 is 50.7 Å². The van der Waals surface area contributed by atoms with Gasteiger partial charge < -0.3 is 10.2 Å². The molecule has 0 bridgehead atoms. The minimum Gasteiger partial charge on any atom is -0.354 e. The van der Waals surface area contributed by atoms with Gasteiger partial charge in [0.05, 0.1) is 22.0 Å². The molecule has 1 N–H and O–H groups in total. The molecule has 0 aliphatic heterocycles. The Bertz CT molecular complexity index is 1170. The average Bonchev–Trinajstić information content (AvgIpc) is 2.79. The molecule has 192 valence electrons. The van der Waals surface area contributed by atoms with E-state index in [-0.39, 0.29) is 12.5 Å². The summed E-state index contributed by atoms with van der Waals surface area (Å²) in [5.41, 5.74) is 2.98. The number of rotatable bonds is 11. The number of nitrogens with zero attached hydrogens (tertiary/aromatic N) is 2. The van der Waals surface area contributed by atoms with Gasteiger partial charge in [-0.1, -0.05) is 49.2 Å². The quantitative estimate of drug-likeness (QED) is 0.446. The zero-order chi connectivity index (χ0) is 26.3. The molecule has 0 saturated heterocycles. The number of aryl methyl sites for hydroxylation is 2. The molecule has 0 unspecified atom stereocenters. The Morgan fingerprint density at radius 3 is 2.23 bits per heavy atom. The van der Waals surface area contributed by atoms with Gasteiger partial charge in [-0.25, -0.2) is 8.42 Å². The summed E-state index contributed by atoms with van der Waals surface area (Å²) in [4.78, 5) is 28.0. The maximum Gasteiger partial charge on any atom is 0.244 e. The van der Waals surface area contributed by atoms with E-state index in [0.717, 1.165) is 28.1 Å². The Labute approximate surface area is 218 Å². The largest absolute Gasteiger partial charge is 0.354 e. The van der Waals surface area contributed by atoms with Crippen molar-refractivity contribution in [3.63, 3.8) is 0 Å². The summed E-state index contributed by atoms with van der Waals surface area (Å²) in [6, 6.07) is 9.42. The van der Waals surface area contributed by atoms with Gasteiger partial charge in [-0.3, -0.25) is 13.9 Å². The summed E-state index contributed by atoms with van der Waals surface area (Å²) < 4.78 is 26.4.